The topological polar surface area (TPSA) is 123 Å². The number of hydrogen-bond donors (Lipinski definition) is 3. The van der Waals surface area contributed by atoms with Crippen molar-refractivity contribution < 1.29 is 9.21 Å². The molecule has 0 radical (unpaired) electrons. The lowest BCUT2D eigenvalue weighted by atomic mass is 10.1. The fraction of sp³-hybridized carbons (Fsp3) is 0.381. The van der Waals surface area contributed by atoms with E-state index in [4.69, 9.17) is 15.9 Å². The third-order valence-corrected chi connectivity index (χ3v) is 5.32. The molecular weight excluding hydrogens is 368 g/mol. The van der Waals surface area contributed by atoms with Crippen molar-refractivity contribution >= 4 is 34.3 Å². The van der Waals surface area contributed by atoms with E-state index in [0.29, 0.717) is 22.7 Å². The van der Waals surface area contributed by atoms with Crippen LogP contribution in [0.4, 0.5) is 17.3 Å². The van der Waals surface area contributed by atoms with Gasteiger partial charge in [0.15, 0.2) is 5.58 Å². The minimum atomic E-state index is -0.374. The van der Waals surface area contributed by atoms with Crippen LogP contribution in [0, 0.1) is 0 Å². The average Bonchev–Trinajstić information content (AvgIpc) is 3.03. The molecular formula is C21H26N6O2. The second-order valence-electron chi connectivity index (χ2n) is 7.81. The first-order chi connectivity index (χ1) is 13.9. The molecule has 8 nitrogen and oxygen atoms in total. The summed E-state index contributed by atoms with van der Waals surface area (Å²) in [4.78, 5) is 23.8. The fourth-order valence-electron chi connectivity index (χ4n) is 3.72. The van der Waals surface area contributed by atoms with Crippen LogP contribution in [0.2, 0.25) is 0 Å². The number of pyridine rings is 2. The summed E-state index contributed by atoms with van der Waals surface area (Å²) in [6.45, 7) is 5.76. The Kier molecular flexibility index (Phi) is 5.10. The van der Waals surface area contributed by atoms with E-state index in [1.165, 1.54) is 0 Å². The molecule has 0 bridgehead atoms. The van der Waals surface area contributed by atoms with Crippen molar-refractivity contribution in [2.24, 2.45) is 5.73 Å². The minimum Gasteiger partial charge on any atom is -0.438 e. The highest BCUT2D eigenvalue weighted by molar-refractivity contribution is 6.15. The van der Waals surface area contributed by atoms with Crippen LogP contribution in [0.1, 0.15) is 48.5 Å². The first-order valence-electron chi connectivity index (χ1n) is 9.88. The number of nitrogens with zero attached hydrogens (tertiary/aromatic N) is 3. The van der Waals surface area contributed by atoms with Gasteiger partial charge in [-0.3, -0.25) is 14.8 Å². The SMILES string of the molecule is CC(C)c1cnc2c(C(=O)Nc3cnccc3N3CCC[C@@H](N)C3)c(N)oc2c1. The van der Waals surface area contributed by atoms with Crippen LogP contribution in [0.25, 0.3) is 11.1 Å². The van der Waals surface area contributed by atoms with E-state index in [1.54, 1.807) is 18.6 Å². The summed E-state index contributed by atoms with van der Waals surface area (Å²) in [5.74, 6) is -0.0256. The van der Waals surface area contributed by atoms with E-state index in [-0.39, 0.29) is 23.4 Å². The Morgan fingerprint density at radius 2 is 2.21 bits per heavy atom. The molecule has 0 spiro atoms. The zero-order valence-corrected chi connectivity index (χ0v) is 16.7. The Morgan fingerprint density at radius 1 is 1.38 bits per heavy atom. The summed E-state index contributed by atoms with van der Waals surface area (Å²) < 4.78 is 5.62. The smallest absolute Gasteiger partial charge is 0.263 e. The van der Waals surface area contributed by atoms with Gasteiger partial charge in [-0.05, 0) is 36.5 Å². The first kappa shape index (κ1) is 19.2. The minimum absolute atomic E-state index is 0.0522. The zero-order valence-electron chi connectivity index (χ0n) is 16.7. The van der Waals surface area contributed by atoms with Crippen molar-refractivity contribution in [3.05, 3.63) is 41.9 Å². The number of fused-ring (bicyclic) bond motifs is 1. The van der Waals surface area contributed by atoms with E-state index in [2.05, 4.69) is 34.0 Å². The maximum Gasteiger partial charge on any atom is 0.263 e. The van der Waals surface area contributed by atoms with Gasteiger partial charge in [-0.1, -0.05) is 13.8 Å². The maximum absolute atomic E-state index is 13.1. The molecule has 3 aromatic heterocycles. The molecule has 1 aliphatic heterocycles. The van der Waals surface area contributed by atoms with E-state index in [0.717, 1.165) is 37.2 Å². The second-order valence-corrected chi connectivity index (χ2v) is 7.81. The Balaban J connectivity index is 1.65. The Hall–Kier alpha value is -3.13. The maximum atomic E-state index is 13.1. The molecule has 4 heterocycles. The third-order valence-electron chi connectivity index (χ3n) is 5.32. The van der Waals surface area contributed by atoms with E-state index >= 15 is 0 Å². The lowest BCUT2D eigenvalue weighted by molar-refractivity contribution is 0.102. The first-order valence-corrected chi connectivity index (χ1v) is 9.88. The molecule has 1 amide bonds. The van der Waals surface area contributed by atoms with Crippen molar-refractivity contribution in [2.75, 3.05) is 29.0 Å². The van der Waals surface area contributed by atoms with Gasteiger partial charge in [0.1, 0.15) is 11.1 Å². The van der Waals surface area contributed by atoms with E-state index < -0.39 is 0 Å². The second kappa shape index (κ2) is 7.71. The monoisotopic (exact) mass is 394 g/mol. The van der Waals surface area contributed by atoms with Crippen molar-refractivity contribution in [2.45, 2.75) is 38.6 Å². The molecule has 3 aromatic rings. The number of amides is 1. The van der Waals surface area contributed by atoms with Gasteiger partial charge in [0.05, 0.1) is 17.6 Å². The molecule has 29 heavy (non-hydrogen) atoms. The van der Waals surface area contributed by atoms with Crippen LogP contribution in [0.15, 0.2) is 35.1 Å². The van der Waals surface area contributed by atoms with Gasteiger partial charge < -0.3 is 26.1 Å². The molecule has 1 atom stereocenters. The average molecular weight is 394 g/mol. The lowest BCUT2D eigenvalue weighted by Crippen LogP contribution is -2.43. The number of furan rings is 1. The number of nitrogen functional groups attached to an aromatic ring is 1. The molecule has 0 aromatic carbocycles. The standard InChI is InChI=1S/C21H26N6O2/c1-12(2)13-8-17-19(25-9-13)18(20(23)29-17)21(28)26-15-10-24-6-5-16(15)27-7-3-4-14(22)11-27/h5-6,8-10,12,14H,3-4,7,11,22-23H2,1-2H3,(H,26,28)/t14-/m1/s1. The van der Waals surface area contributed by atoms with Crippen LogP contribution < -0.4 is 21.7 Å². The van der Waals surface area contributed by atoms with Crippen LogP contribution >= 0.6 is 0 Å². The van der Waals surface area contributed by atoms with E-state index in [1.807, 2.05) is 12.1 Å². The molecule has 5 N–H and O–H groups in total. The highest BCUT2D eigenvalue weighted by Crippen LogP contribution is 2.31. The van der Waals surface area contributed by atoms with Crippen LogP contribution in [-0.4, -0.2) is 35.0 Å². The Labute approximate surface area is 169 Å². The summed E-state index contributed by atoms with van der Waals surface area (Å²) in [5.41, 5.74) is 15.9. The number of hydrogen-bond acceptors (Lipinski definition) is 7. The molecule has 0 saturated carbocycles. The molecule has 8 heteroatoms. The number of aromatic nitrogens is 2. The summed E-state index contributed by atoms with van der Waals surface area (Å²) in [6.07, 6.45) is 7.12. The third kappa shape index (κ3) is 3.75. The molecule has 1 fully saturated rings. The number of nitrogens with one attached hydrogen (secondary N) is 1. The zero-order chi connectivity index (χ0) is 20.5. The highest BCUT2D eigenvalue weighted by Gasteiger charge is 2.24. The van der Waals surface area contributed by atoms with Gasteiger partial charge in [-0.2, -0.15) is 0 Å². The summed E-state index contributed by atoms with van der Waals surface area (Å²) >= 11 is 0. The quantitative estimate of drug-likeness (QED) is 0.621. The van der Waals surface area contributed by atoms with Crippen LogP contribution in [0.5, 0.6) is 0 Å². The number of nitrogens with two attached hydrogens (primary N) is 2. The highest BCUT2D eigenvalue weighted by atomic mass is 16.3. The molecule has 4 rings (SSSR count). The number of anilines is 3. The van der Waals surface area contributed by atoms with Crippen molar-refractivity contribution in [3.63, 3.8) is 0 Å². The van der Waals surface area contributed by atoms with Crippen molar-refractivity contribution in [3.8, 4) is 0 Å². The van der Waals surface area contributed by atoms with E-state index in [9.17, 15) is 4.79 Å². The molecule has 0 aliphatic carbocycles. The number of carbonyl (C=O) groups is 1. The normalized spacial score (nSPS) is 17.1. The van der Waals surface area contributed by atoms with Crippen molar-refractivity contribution in [1.29, 1.82) is 0 Å². The fourth-order valence-corrected chi connectivity index (χ4v) is 3.72. The van der Waals surface area contributed by atoms with Gasteiger partial charge >= 0.3 is 0 Å². The lowest BCUT2D eigenvalue weighted by Gasteiger charge is -2.33. The number of rotatable bonds is 4. The van der Waals surface area contributed by atoms with Gasteiger partial charge in [-0.15, -0.1) is 0 Å². The predicted octanol–water partition coefficient (Wildman–Crippen LogP) is 3.11. The molecule has 1 aliphatic rings. The Bertz CT molecular complexity index is 1040. The van der Waals surface area contributed by atoms with Gasteiger partial charge in [0, 0.05) is 31.5 Å². The Morgan fingerprint density at radius 3 is 2.97 bits per heavy atom. The van der Waals surface area contributed by atoms with Crippen LogP contribution in [0.3, 0.4) is 0 Å². The predicted molar refractivity (Wildman–Crippen MR) is 114 cm³/mol. The molecule has 0 unspecified atom stereocenters. The number of carbonyl (C=O) groups excluding carboxylic acids is 1. The van der Waals surface area contributed by atoms with Gasteiger partial charge in [0.25, 0.3) is 5.91 Å². The molecule has 152 valence electrons. The largest absolute Gasteiger partial charge is 0.438 e. The summed E-state index contributed by atoms with van der Waals surface area (Å²) in [5, 5.41) is 2.93. The molecule has 1 saturated heterocycles. The van der Waals surface area contributed by atoms with Gasteiger partial charge in [-0.25, -0.2) is 0 Å². The van der Waals surface area contributed by atoms with Crippen molar-refractivity contribution in [1.82, 2.24) is 9.97 Å². The summed E-state index contributed by atoms with van der Waals surface area (Å²) in [7, 11) is 0. The number of piperidine rings is 1. The summed E-state index contributed by atoms with van der Waals surface area (Å²) in [6, 6.07) is 3.89. The van der Waals surface area contributed by atoms with Gasteiger partial charge in [0.2, 0.25) is 5.88 Å². The van der Waals surface area contributed by atoms with Crippen LogP contribution in [-0.2, 0) is 0 Å².